The van der Waals surface area contributed by atoms with E-state index in [9.17, 15) is 9.59 Å². The van der Waals surface area contributed by atoms with Gasteiger partial charge in [-0.25, -0.2) is 9.78 Å². The Bertz CT molecular complexity index is 1740. The average molecular weight is 578 g/mol. The zero-order valence-electron chi connectivity index (χ0n) is 24.6. The van der Waals surface area contributed by atoms with Gasteiger partial charge in [0.15, 0.2) is 11.3 Å². The van der Waals surface area contributed by atoms with E-state index >= 15 is 0 Å². The average Bonchev–Trinajstić information content (AvgIpc) is 3.44. The number of carbonyl (C=O) groups excluding carboxylic acids is 2. The number of nitrogens with zero attached hydrogens (tertiary/aromatic N) is 4. The SMILES string of the molecule is Cc1cc(C)cc(NC(=O)N2CCc3c(-c4cn(C)c(=N)c(Nc5ccc(C(=O)N6CCOCC6)cc5)n4)cccc32)c1. The number of anilines is 4. The molecule has 2 aliphatic rings. The van der Waals surface area contributed by atoms with Gasteiger partial charge in [0.25, 0.3) is 5.91 Å². The Hall–Kier alpha value is -4.96. The molecule has 2 aliphatic heterocycles. The number of rotatable bonds is 5. The molecule has 0 unspecified atom stereocenters. The van der Waals surface area contributed by atoms with E-state index in [1.54, 1.807) is 26.5 Å². The fourth-order valence-corrected chi connectivity index (χ4v) is 5.74. The summed E-state index contributed by atoms with van der Waals surface area (Å²) in [5.41, 5.74) is 8.05. The first-order chi connectivity index (χ1) is 20.8. The predicted molar refractivity (Wildman–Crippen MR) is 167 cm³/mol. The van der Waals surface area contributed by atoms with Crippen LogP contribution in [0.25, 0.3) is 11.3 Å². The van der Waals surface area contributed by atoms with Crippen molar-refractivity contribution in [2.24, 2.45) is 7.05 Å². The lowest BCUT2D eigenvalue weighted by molar-refractivity contribution is 0.0303. The van der Waals surface area contributed by atoms with E-state index in [4.69, 9.17) is 15.1 Å². The van der Waals surface area contributed by atoms with Crippen LogP contribution in [0.15, 0.2) is 66.9 Å². The lowest BCUT2D eigenvalue weighted by Gasteiger charge is -2.26. The van der Waals surface area contributed by atoms with Gasteiger partial charge in [0.1, 0.15) is 0 Å². The van der Waals surface area contributed by atoms with Gasteiger partial charge in [-0.1, -0.05) is 18.2 Å². The van der Waals surface area contributed by atoms with Gasteiger partial charge in [-0.3, -0.25) is 15.1 Å². The van der Waals surface area contributed by atoms with Crippen LogP contribution in [0.4, 0.5) is 27.7 Å². The molecule has 3 aromatic carbocycles. The van der Waals surface area contributed by atoms with Crippen LogP contribution in [0.5, 0.6) is 0 Å². The van der Waals surface area contributed by atoms with Crippen LogP contribution < -0.4 is 21.0 Å². The normalized spacial score (nSPS) is 14.4. The van der Waals surface area contributed by atoms with Gasteiger partial charge >= 0.3 is 6.03 Å². The third-order valence-corrected chi connectivity index (χ3v) is 7.84. The fourth-order valence-electron chi connectivity index (χ4n) is 5.74. The molecule has 0 radical (unpaired) electrons. The largest absolute Gasteiger partial charge is 0.378 e. The van der Waals surface area contributed by atoms with Crippen LogP contribution in [0, 0.1) is 19.3 Å². The minimum atomic E-state index is -0.168. The van der Waals surface area contributed by atoms with Crippen molar-refractivity contribution in [2.75, 3.05) is 48.4 Å². The van der Waals surface area contributed by atoms with E-state index in [0.717, 1.165) is 39.3 Å². The number of amides is 3. The number of nitrogens with one attached hydrogen (secondary N) is 3. The van der Waals surface area contributed by atoms with Gasteiger partial charge in [-0.2, -0.15) is 0 Å². The first-order valence-electron chi connectivity index (χ1n) is 14.4. The molecule has 10 nitrogen and oxygen atoms in total. The van der Waals surface area contributed by atoms with E-state index in [-0.39, 0.29) is 17.4 Å². The van der Waals surface area contributed by atoms with Crippen molar-refractivity contribution in [2.45, 2.75) is 20.3 Å². The van der Waals surface area contributed by atoms with Crippen LogP contribution in [0.3, 0.4) is 0 Å². The molecule has 43 heavy (non-hydrogen) atoms. The second-order valence-corrected chi connectivity index (χ2v) is 11.1. The summed E-state index contributed by atoms with van der Waals surface area (Å²) in [7, 11) is 1.82. The molecule has 1 saturated heterocycles. The predicted octanol–water partition coefficient (Wildman–Crippen LogP) is 4.99. The number of hydrogen-bond donors (Lipinski definition) is 3. The zero-order chi connectivity index (χ0) is 30.1. The zero-order valence-corrected chi connectivity index (χ0v) is 24.6. The Labute approximate surface area is 250 Å². The highest BCUT2D eigenvalue weighted by atomic mass is 16.5. The molecule has 0 aliphatic carbocycles. The highest BCUT2D eigenvalue weighted by Crippen LogP contribution is 2.36. The third-order valence-electron chi connectivity index (χ3n) is 7.84. The van der Waals surface area contributed by atoms with Crippen LogP contribution in [0.2, 0.25) is 0 Å². The summed E-state index contributed by atoms with van der Waals surface area (Å²) in [4.78, 5) is 34.5. The summed E-state index contributed by atoms with van der Waals surface area (Å²) in [5, 5.41) is 14.9. The molecular formula is C33H35N7O3. The highest BCUT2D eigenvalue weighted by molar-refractivity contribution is 6.04. The second-order valence-electron chi connectivity index (χ2n) is 11.1. The summed E-state index contributed by atoms with van der Waals surface area (Å²) >= 11 is 0. The Balaban J connectivity index is 1.23. The molecule has 0 atom stereocenters. The molecule has 0 saturated carbocycles. The minimum absolute atomic E-state index is 0.0165. The highest BCUT2D eigenvalue weighted by Gasteiger charge is 2.28. The Morgan fingerprint density at radius 2 is 1.65 bits per heavy atom. The number of benzene rings is 3. The first kappa shape index (κ1) is 28.2. The Morgan fingerprint density at radius 1 is 0.930 bits per heavy atom. The summed E-state index contributed by atoms with van der Waals surface area (Å²) in [6, 6.07) is 19.0. The number of morpholine rings is 1. The molecule has 0 spiro atoms. The molecule has 3 heterocycles. The topological polar surface area (TPSA) is 116 Å². The quantitative estimate of drug-likeness (QED) is 0.309. The third kappa shape index (κ3) is 5.87. The van der Waals surface area contributed by atoms with Gasteiger partial charge in [0, 0.05) is 61.1 Å². The maximum atomic E-state index is 13.3. The maximum Gasteiger partial charge on any atom is 0.326 e. The molecule has 220 valence electrons. The van der Waals surface area contributed by atoms with Crippen LogP contribution in [0.1, 0.15) is 27.0 Å². The standard InChI is InChI=1S/C33H35N7O3/c1-21-17-22(2)19-25(18-21)36-33(42)40-12-11-27-26(5-4-6-29(27)40)28-20-38(3)30(34)31(37-28)35-24-9-7-23(8-10-24)32(41)39-13-15-43-16-14-39/h4-10,17-20,34H,11-16H2,1-3H3,(H,35,37)(H,36,42). The number of carbonyl (C=O) groups is 2. The first-order valence-corrected chi connectivity index (χ1v) is 14.4. The molecule has 1 aromatic heterocycles. The number of fused-ring (bicyclic) bond motifs is 1. The van der Waals surface area contributed by atoms with E-state index in [2.05, 4.69) is 16.7 Å². The number of hydrogen-bond acceptors (Lipinski definition) is 6. The van der Waals surface area contributed by atoms with Crippen LogP contribution in [-0.4, -0.2) is 59.2 Å². The summed E-state index contributed by atoms with van der Waals surface area (Å²) < 4.78 is 7.07. The summed E-state index contributed by atoms with van der Waals surface area (Å²) in [6.07, 6.45) is 2.53. The number of ether oxygens (including phenoxy) is 1. The van der Waals surface area contributed by atoms with Crippen LogP contribution >= 0.6 is 0 Å². The minimum Gasteiger partial charge on any atom is -0.378 e. The van der Waals surface area contributed by atoms with Gasteiger partial charge in [-0.15, -0.1) is 0 Å². The van der Waals surface area contributed by atoms with Crippen molar-refractivity contribution in [1.82, 2.24) is 14.5 Å². The molecule has 3 amide bonds. The van der Waals surface area contributed by atoms with Crippen molar-refractivity contribution >= 4 is 34.8 Å². The molecule has 1 fully saturated rings. The smallest absolute Gasteiger partial charge is 0.326 e. The molecule has 0 bridgehead atoms. The lowest BCUT2D eigenvalue weighted by Crippen LogP contribution is -2.40. The summed E-state index contributed by atoms with van der Waals surface area (Å²) in [5.74, 6) is 0.379. The Kier molecular flexibility index (Phi) is 7.69. The van der Waals surface area contributed by atoms with Gasteiger partial charge in [-0.05, 0) is 79.4 Å². The number of urea groups is 1. The monoisotopic (exact) mass is 577 g/mol. The number of aromatic nitrogens is 2. The lowest BCUT2D eigenvalue weighted by atomic mass is 10.0. The molecule has 3 N–H and O–H groups in total. The van der Waals surface area contributed by atoms with Crippen molar-refractivity contribution in [3.05, 3.63) is 94.6 Å². The van der Waals surface area contributed by atoms with E-state index in [0.29, 0.717) is 56.3 Å². The number of aryl methyl sites for hydroxylation is 3. The fraction of sp³-hybridized carbons (Fsp3) is 0.273. The van der Waals surface area contributed by atoms with Crippen molar-refractivity contribution < 1.29 is 14.3 Å². The molecule has 4 aromatic rings. The second kappa shape index (κ2) is 11.7. The van der Waals surface area contributed by atoms with Gasteiger partial charge in [0.2, 0.25) is 0 Å². The van der Waals surface area contributed by atoms with Crippen LogP contribution in [-0.2, 0) is 18.2 Å². The van der Waals surface area contributed by atoms with Crippen molar-refractivity contribution in [3.8, 4) is 11.3 Å². The van der Waals surface area contributed by atoms with Gasteiger partial charge < -0.3 is 24.8 Å². The van der Waals surface area contributed by atoms with E-state index in [1.807, 2.05) is 69.6 Å². The van der Waals surface area contributed by atoms with Crippen molar-refractivity contribution in [1.29, 1.82) is 5.41 Å². The Morgan fingerprint density at radius 3 is 2.37 bits per heavy atom. The summed E-state index contributed by atoms with van der Waals surface area (Å²) in [6.45, 7) is 6.88. The van der Waals surface area contributed by atoms with Crippen molar-refractivity contribution in [3.63, 3.8) is 0 Å². The van der Waals surface area contributed by atoms with Gasteiger partial charge in [0.05, 0.1) is 18.9 Å². The molecule has 10 heteroatoms. The van der Waals surface area contributed by atoms with E-state index < -0.39 is 0 Å². The molecular weight excluding hydrogens is 542 g/mol. The molecule has 6 rings (SSSR count). The van der Waals surface area contributed by atoms with E-state index in [1.165, 1.54) is 0 Å². The maximum absolute atomic E-state index is 13.3.